The molecule has 2 N–H and O–H groups in total. The number of aromatic nitrogens is 2. The van der Waals surface area contributed by atoms with Crippen molar-refractivity contribution in [1.29, 1.82) is 0 Å². The summed E-state index contributed by atoms with van der Waals surface area (Å²) in [7, 11) is 0. The number of nitrogens with one attached hydrogen (secondary N) is 2. The predicted octanol–water partition coefficient (Wildman–Crippen LogP) is 5.24. The summed E-state index contributed by atoms with van der Waals surface area (Å²) in [6.45, 7) is 3.39. The van der Waals surface area contributed by atoms with Gasteiger partial charge in [0.15, 0.2) is 5.78 Å². The fourth-order valence-electron chi connectivity index (χ4n) is 2.37. The van der Waals surface area contributed by atoms with E-state index in [0.29, 0.717) is 23.0 Å². The molecule has 2 aromatic carbocycles. The van der Waals surface area contributed by atoms with E-state index in [9.17, 15) is 4.79 Å². The van der Waals surface area contributed by atoms with Gasteiger partial charge in [0.1, 0.15) is 17.5 Å². The maximum atomic E-state index is 11.5. The van der Waals surface area contributed by atoms with Gasteiger partial charge in [-0.1, -0.05) is 34.1 Å². The van der Waals surface area contributed by atoms with Crippen molar-refractivity contribution in [3.63, 3.8) is 0 Å². The van der Waals surface area contributed by atoms with Gasteiger partial charge < -0.3 is 10.6 Å². The number of anilines is 4. The van der Waals surface area contributed by atoms with Crippen molar-refractivity contribution >= 4 is 44.7 Å². The lowest BCUT2D eigenvalue weighted by molar-refractivity contribution is 0.101. The number of aryl methyl sites for hydroxylation is 1. The first kappa shape index (κ1) is 17.1. The number of Topliss-reactive ketones (excluding diaryl/α,β-unsaturated/α-hetero) is 1. The van der Waals surface area contributed by atoms with E-state index in [1.807, 2.05) is 49.4 Å². The fraction of sp³-hybridized carbons (Fsp3) is 0.105. The van der Waals surface area contributed by atoms with Gasteiger partial charge >= 0.3 is 0 Å². The molecule has 0 aliphatic carbocycles. The molecule has 0 radical (unpaired) electrons. The van der Waals surface area contributed by atoms with E-state index in [-0.39, 0.29) is 5.78 Å². The third-order valence-corrected chi connectivity index (χ3v) is 3.97. The highest BCUT2D eigenvalue weighted by Crippen LogP contribution is 2.23. The number of hydrogen-bond acceptors (Lipinski definition) is 5. The SMILES string of the molecule is CC(=O)c1cccc(Nc2cc(Nc3cccc(Br)c3)nc(C)n2)c1. The Hall–Kier alpha value is -2.73. The summed E-state index contributed by atoms with van der Waals surface area (Å²) < 4.78 is 0.989. The summed E-state index contributed by atoms with van der Waals surface area (Å²) in [6.07, 6.45) is 0. The van der Waals surface area contributed by atoms with Gasteiger partial charge in [0.2, 0.25) is 0 Å². The molecule has 0 saturated heterocycles. The Labute approximate surface area is 154 Å². The van der Waals surface area contributed by atoms with E-state index in [1.165, 1.54) is 0 Å². The van der Waals surface area contributed by atoms with E-state index in [2.05, 4.69) is 36.5 Å². The van der Waals surface area contributed by atoms with Gasteiger partial charge in [0, 0.05) is 27.5 Å². The van der Waals surface area contributed by atoms with Crippen LogP contribution in [0.3, 0.4) is 0 Å². The van der Waals surface area contributed by atoms with Crippen LogP contribution in [0.15, 0.2) is 59.1 Å². The summed E-state index contributed by atoms with van der Waals surface area (Å²) in [5, 5.41) is 6.49. The van der Waals surface area contributed by atoms with Gasteiger partial charge in [-0.2, -0.15) is 0 Å². The van der Waals surface area contributed by atoms with Crippen molar-refractivity contribution in [3.05, 3.63) is 70.5 Å². The maximum Gasteiger partial charge on any atom is 0.159 e. The van der Waals surface area contributed by atoms with Gasteiger partial charge in [-0.15, -0.1) is 0 Å². The van der Waals surface area contributed by atoms with E-state index in [1.54, 1.807) is 19.1 Å². The Morgan fingerprint density at radius 3 is 2.12 bits per heavy atom. The van der Waals surface area contributed by atoms with E-state index < -0.39 is 0 Å². The number of ketones is 1. The van der Waals surface area contributed by atoms with Crippen molar-refractivity contribution in [2.24, 2.45) is 0 Å². The van der Waals surface area contributed by atoms with Crippen LogP contribution >= 0.6 is 15.9 Å². The molecule has 25 heavy (non-hydrogen) atoms. The van der Waals surface area contributed by atoms with Crippen LogP contribution in [0.1, 0.15) is 23.1 Å². The van der Waals surface area contributed by atoms with Crippen LogP contribution in [0.5, 0.6) is 0 Å². The second-order valence-electron chi connectivity index (χ2n) is 5.58. The number of hydrogen-bond donors (Lipinski definition) is 2. The van der Waals surface area contributed by atoms with Gasteiger partial charge in [0.25, 0.3) is 0 Å². The second-order valence-corrected chi connectivity index (χ2v) is 6.50. The number of rotatable bonds is 5. The van der Waals surface area contributed by atoms with Gasteiger partial charge in [-0.05, 0) is 44.2 Å². The van der Waals surface area contributed by atoms with E-state index in [4.69, 9.17) is 0 Å². The number of benzene rings is 2. The molecule has 0 atom stereocenters. The molecule has 3 aromatic rings. The molecule has 6 heteroatoms. The molecule has 1 heterocycles. The van der Waals surface area contributed by atoms with Crippen LogP contribution in [0.4, 0.5) is 23.0 Å². The number of carbonyl (C=O) groups is 1. The second kappa shape index (κ2) is 7.44. The summed E-state index contributed by atoms with van der Waals surface area (Å²) in [4.78, 5) is 20.3. The van der Waals surface area contributed by atoms with Crippen molar-refractivity contribution < 1.29 is 4.79 Å². The highest BCUT2D eigenvalue weighted by atomic mass is 79.9. The van der Waals surface area contributed by atoms with Crippen LogP contribution in [0, 0.1) is 6.92 Å². The van der Waals surface area contributed by atoms with Gasteiger partial charge in [0.05, 0.1) is 0 Å². The van der Waals surface area contributed by atoms with Crippen LogP contribution in [0.25, 0.3) is 0 Å². The molecule has 0 bridgehead atoms. The lowest BCUT2D eigenvalue weighted by atomic mass is 10.1. The largest absolute Gasteiger partial charge is 0.340 e. The third kappa shape index (κ3) is 4.64. The topological polar surface area (TPSA) is 66.9 Å². The summed E-state index contributed by atoms with van der Waals surface area (Å²) in [5.74, 6) is 2.02. The number of nitrogens with zero attached hydrogens (tertiary/aromatic N) is 2. The van der Waals surface area contributed by atoms with Crippen LogP contribution in [0.2, 0.25) is 0 Å². The summed E-state index contributed by atoms with van der Waals surface area (Å²) >= 11 is 3.45. The zero-order valence-corrected chi connectivity index (χ0v) is 15.5. The van der Waals surface area contributed by atoms with Crippen molar-refractivity contribution in [2.45, 2.75) is 13.8 Å². The Kier molecular flexibility index (Phi) is 5.09. The smallest absolute Gasteiger partial charge is 0.159 e. The van der Waals surface area contributed by atoms with Gasteiger partial charge in [-0.25, -0.2) is 9.97 Å². The first-order valence-electron chi connectivity index (χ1n) is 7.76. The Balaban J connectivity index is 1.84. The van der Waals surface area contributed by atoms with Crippen molar-refractivity contribution in [2.75, 3.05) is 10.6 Å². The van der Waals surface area contributed by atoms with E-state index >= 15 is 0 Å². The summed E-state index contributed by atoms with van der Waals surface area (Å²) in [6, 6.07) is 17.0. The predicted molar refractivity (Wildman–Crippen MR) is 104 cm³/mol. The average molecular weight is 397 g/mol. The van der Waals surface area contributed by atoms with Crippen molar-refractivity contribution in [1.82, 2.24) is 9.97 Å². The quantitative estimate of drug-likeness (QED) is 0.577. The number of carbonyl (C=O) groups excluding carboxylic acids is 1. The molecule has 3 rings (SSSR count). The van der Waals surface area contributed by atoms with Gasteiger partial charge in [-0.3, -0.25) is 4.79 Å². The lowest BCUT2D eigenvalue weighted by Gasteiger charge is -2.11. The zero-order chi connectivity index (χ0) is 17.8. The fourth-order valence-corrected chi connectivity index (χ4v) is 2.77. The third-order valence-electron chi connectivity index (χ3n) is 3.48. The molecule has 0 spiro atoms. The molecular formula is C19H17BrN4O. The normalized spacial score (nSPS) is 10.4. The van der Waals surface area contributed by atoms with Crippen LogP contribution in [-0.4, -0.2) is 15.8 Å². The molecule has 0 aliphatic heterocycles. The Morgan fingerprint density at radius 2 is 1.52 bits per heavy atom. The minimum absolute atomic E-state index is 0.0273. The minimum atomic E-state index is 0.0273. The molecule has 0 aliphatic rings. The minimum Gasteiger partial charge on any atom is -0.340 e. The molecular weight excluding hydrogens is 380 g/mol. The van der Waals surface area contributed by atoms with Crippen LogP contribution in [-0.2, 0) is 0 Å². The molecule has 0 amide bonds. The number of halogens is 1. The first-order chi connectivity index (χ1) is 12.0. The van der Waals surface area contributed by atoms with E-state index in [0.717, 1.165) is 15.8 Å². The van der Waals surface area contributed by atoms with Crippen LogP contribution < -0.4 is 10.6 Å². The van der Waals surface area contributed by atoms with Crippen molar-refractivity contribution in [3.8, 4) is 0 Å². The lowest BCUT2D eigenvalue weighted by Crippen LogP contribution is -2.02. The zero-order valence-electron chi connectivity index (χ0n) is 13.9. The molecule has 1 aromatic heterocycles. The first-order valence-corrected chi connectivity index (χ1v) is 8.55. The standard InChI is InChI=1S/C19H17BrN4O/c1-12(25)14-5-3-7-16(9-14)23-18-11-19(22-13(2)21-18)24-17-8-4-6-15(20)10-17/h3-11H,1-2H3,(H2,21,22,23,24). The molecule has 5 nitrogen and oxygen atoms in total. The highest BCUT2D eigenvalue weighted by Gasteiger charge is 2.05. The molecule has 0 fully saturated rings. The molecule has 0 saturated carbocycles. The molecule has 126 valence electrons. The Bertz CT molecular complexity index is 927. The summed E-state index contributed by atoms with van der Waals surface area (Å²) in [5.41, 5.74) is 2.39. The maximum absolute atomic E-state index is 11.5. The Morgan fingerprint density at radius 1 is 0.920 bits per heavy atom. The average Bonchev–Trinajstić information content (AvgIpc) is 2.54. The highest BCUT2D eigenvalue weighted by molar-refractivity contribution is 9.10. The monoisotopic (exact) mass is 396 g/mol. The molecule has 0 unspecified atom stereocenters.